The number of halogens is 2. The van der Waals surface area contributed by atoms with E-state index in [0.717, 1.165) is 35.1 Å². The lowest BCUT2D eigenvalue weighted by Gasteiger charge is -2.19. The monoisotopic (exact) mass is 638 g/mol. The molecule has 0 saturated carbocycles. The summed E-state index contributed by atoms with van der Waals surface area (Å²) < 4.78 is 28.4. The van der Waals surface area contributed by atoms with Crippen molar-refractivity contribution in [2.24, 2.45) is 0 Å². The maximum Gasteiger partial charge on any atom is 0.126 e. The van der Waals surface area contributed by atoms with E-state index in [1.807, 2.05) is 49.9 Å². The number of hydrogen-bond donors (Lipinski definition) is 0. The summed E-state index contributed by atoms with van der Waals surface area (Å²) in [6.07, 6.45) is 1.54. The quantitative estimate of drug-likeness (QED) is 0.160. The largest absolute Gasteiger partial charge is 0.207 e. The lowest BCUT2D eigenvalue weighted by Crippen LogP contribution is -2.00. The number of rotatable bonds is 8. The highest BCUT2D eigenvalue weighted by Gasteiger charge is 2.17. The van der Waals surface area contributed by atoms with Crippen LogP contribution in [0.25, 0.3) is 22.3 Å². The Kier molecular flexibility index (Phi) is 9.47. The van der Waals surface area contributed by atoms with E-state index in [4.69, 9.17) is 0 Å². The second-order valence-corrected chi connectivity index (χ2v) is 13.9. The van der Waals surface area contributed by atoms with E-state index in [1.165, 1.54) is 54.3 Å². The highest BCUT2D eigenvalue weighted by atomic mass is 32.2. The molecular weight excluding hydrogens is 599 g/mol. The number of aryl methyl sites for hydroxylation is 6. The van der Waals surface area contributed by atoms with Gasteiger partial charge in [-0.1, -0.05) is 95.7 Å². The van der Waals surface area contributed by atoms with Crippen molar-refractivity contribution >= 4 is 11.8 Å². The van der Waals surface area contributed by atoms with E-state index in [-0.39, 0.29) is 11.6 Å². The smallest absolute Gasteiger partial charge is 0.126 e. The molecule has 0 heterocycles. The molecule has 0 aromatic heterocycles. The summed E-state index contributed by atoms with van der Waals surface area (Å²) in [5.41, 5.74) is 15.6. The second kappa shape index (κ2) is 13.7. The molecule has 3 heteroatoms. The minimum absolute atomic E-state index is 0.180. The number of benzene rings is 6. The molecule has 6 rings (SSSR count). The average molecular weight is 639 g/mol. The van der Waals surface area contributed by atoms with Crippen LogP contribution in [0.5, 0.6) is 0 Å². The van der Waals surface area contributed by atoms with Crippen LogP contribution in [-0.2, 0) is 12.8 Å². The van der Waals surface area contributed by atoms with Gasteiger partial charge in [0, 0.05) is 9.79 Å². The molecule has 6 aromatic carbocycles. The van der Waals surface area contributed by atoms with Gasteiger partial charge in [0.25, 0.3) is 0 Å². The first-order valence-corrected chi connectivity index (χ1v) is 17.0. The van der Waals surface area contributed by atoms with Gasteiger partial charge in [-0.05, 0) is 158 Å². The summed E-state index contributed by atoms with van der Waals surface area (Å²) in [4.78, 5) is 2.44. The zero-order valence-corrected chi connectivity index (χ0v) is 28.8. The molecule has 0 aliphatic rings. The van der Waals surface area contributed by atoms with Crippen molar-refractivity contribution in [3.63, 3.8) is 0 Å². The van der Waals surface area contributed by atoms with Crippen molar-refractivity contribution in [1.82, 2.24) is 0 Å². The molecule has 6 aromatic rings. The molecule has 0 nitrogen and oxygen atoms in total. The van der Waals surface area contributed by atoms with Crippen LogP contribution in [-0.4, -0.2) is 0 Å². The van der Waals surface area contributed by atoms with Gasteiger partial charge in [-0.25, -0.2) is 8.78 Å². The zero-order chi connectivity index (χ0) is 33.2. The van der Waals surface area contributed by atoms with Crippen molar-refractivity contribution in [2.75, 3.05) is 0 Å². The molecule has 0 amide bonds. The molecule has 0 bridgehead atoms. The highest BCUT2D eigenvalue weighted by Crippen LogP contribution is 2.39. The molecule has 236 valence electrons. The predicted molar refractivity (Wildman–Crippen MR) is 195 cm³/mol. The first-order chi connectivity index (χ1) is 22.6. The van der Waals surface area contributed by atoms with Crippen LogP contribution in [0.3, 0.4) is 0 Å². The van der Waals surface area contributed by atoms with Crippen molar-refractivity contribution in [2.45, 2.75) is 64.2 Å². The Labute approximate surface area is 282 Å². The fraction of sp³-hybridized carbons (Fsp3) is 0.182. The molecule has 0 saturated heterocycles. The molecule has 0 atom stereocenters. The molecule has 0 aliphatic heterocycles. The highest BCUT2D eigenvalue weighted by molar-refractivity contribution is 7.99. The van der Waals surface area contributed by atoms with Crippen molar-refractivity contribution in [1.29, 1.82) is 0 Å². The van der Waals surface area contributed by atoms with Gasteiger partial charge in [-0.2, -0.15) is 0 Å². The van der Waals surface area contributed by atoms with Gasteiger partial charge in [-0.3, -0.25) is 0 Å². The zero-order valence-electron chi connectivity index (χ0n) is 28.0. The van der Waals surface area contributed by atoms with Crippen LogP contribution < -0.4 is 0 Å². The lowest BCUT2D eigenvalue weighted by molar-refractivity contribution is 0.618. The summed E-state index contributed by atoms with van der Waals surface area (Å²) in [5.74, 6) is -0.360. The third-order valence-electron chi connectivity index (χ3n) is 9.07. The minimum Gasteiger partial charge on any atom is -0.207 e. The minimum atomic E-state index is -0.180. The second-order valence-electron chi connectivity index (χ2n) is 12.8. The Hall–Kier alpha value is -4.47. The van der Waals surface area contributed by atoms with Crippen LogP contribution in [0.4, 0.5) is 8.78 Å². The van der Waals surface area contributed by atoms with E-state index >= 15 is 0 Å². The van der Waals surface area contributed by atoms with Gasteiger partial charge in [0.2, 0.25) is 0 Å². The van der Waals surface area contributed by atoms with Gasteiger partial charge in [0.15, 0.2) is 0 Å². The van der Waals surface area contributed by atoms with Crippen LogP contribution in [0.15, 0.2) is 119 Å². The first kappa shape index (κ1) is 32.5. The standard InChI is InChI=1S/C44H40F2S/c1-27-19-29(3)37(39(21-27)33-15-17-41(45)31(5)23-33)25-35-11-7-9-13-43(35)47-44-14-10-8-12-36(44)26-38-30(4)20-28(2)22-40(38)34-16-18-42(46)32(6)24-34/h7-24H,25-26H2,1-6H3. The molecule has 0 N–H and O–H groups in total. The van der Waals surface area contributed by atoms with E-state index in [2.05, 4.69) is 100 Å². The SMILES string of the molecule is Cc1cc(C)c(Cc2ccccc2Sc2ccccc2Cc2c(C)cc(C)cc2-c2ccc(F)c(C)c2)c(-c2ccc(F)c(C)c2)c1. The topological polar surface area (TPSA) is 0 Å². The molecular formula is C44H40F2S. The van der Waals surface area contributed by atoms with Gasteiger partial charge < -0.3 is 0 Å². The Morgan fingerprint density at radius 3 is 1.26 bits per heavy atom. The van der Waals surface area contributed by atoms with Gasteiger partial charge >= 0.3 is 0 Å². The van der Waals surface area contributed by atoms with E-state index in [1.54, 1.807) is 12.1 Å². The summed E-state index contributed by atoms with van der Waals surface area (Å²) in [7, 11) is 0. The van der Waals surface area contributed by atoms with E-state index < -0.39 is 0 Å². The Morgan fingerprint density at radius 1 is 0.447 bits per heavy atom. The van der Waals surface area contributed by atoms with E-state index in [0.29, 0.717) is 11.1 Å². The molecule has 47 heavy (non-hydrogen) atoms. The van der Waals surface area contributed by atoms with Crippen LogP contribution in [0.1, 0.15) is 55.6 Å². The molecule has 0 spiro atoms. The maximum atomic E-state index is 14.2. The number of hydrogen-bond acceptors (Lipinski definition) is 1. The lowest BCUT2D eigenvalue weighted by atomic mass is 9.89. The molecule has 0 fully saturated rings. The maximum absolute atomic E-state index is 14.2. The summed E-state index contributed by atoms with van der Waals surface area (Å²) in [6, 6.07) is 37.1. The fourth-order valence-corrected chi connectivity index (χ4v) is 7.67. The van der Waals surface area contributed by atoms with Crippen LogP contribution in [0.2, 0.25) is 0 Å². The third-order valence-corrected chi connectivity index (χ3v) is 10.3. The Balaban J connectivity index is 1.36. The first-order valence-electron chi connectivity index (χ1n) is 16.1. The van der Waals surface area contributed by atoms with Gasteiger partial charge in [0.1, 0.15) is 11.6 Å². The summed E-state index contributed by atoms with van der Waals surface area (Å²) in [6.45, 7) is 12.2. The fourth-order valence-electron chi connectivity index (χ4n) is 6.60. The summed E-state index contributed by atoms with van der Waals surface area (Å²) >= 11 is 1.81. The van der Waals surface area contributed by atoms with Gasteiger partial charge in [-0.15, -0.1) is 0 Å². The normalized spacial score (nSPS) is 11.2. The Morgan fingerprint density at radius 2 is 0.851 bits per heavy atom. The third kappa shape index (κ3) is 7.11. The van der Waals surface area contributed by atoms with E-state index in [9.17, 15) is 8.78 Å². The average Bonchev–Trinajstić information content (AvgIpc) is 3.04. The van der Waals surface area contributed by atoms with Crippen molar-refractivity contribution in [3.05, 3.63) is 176 Å². The summed E-state index contributed by atoms with van der Waals surface area (Å²) in [5, 5.41) is 0. The molecule has 0 radical (unpaired) electrons. The van der Waals surface area contributed by atoms with Crippen LogP contribution >= 0.6 is 11.8 Å². The van der Waals surface area contributed by atoms with Crippen molar-refractivity contribution in [3.8, 4) is 22.3 Å². The van der Waals surface area contributed by atoms with Gasteiger partial charge in [0.05, 0.1) is 0 Å². The van der Waals surface area contributed by atoms with Crippen molar-refractivity contribution < 1.29 is 8.78 Å². The molecule has 0 aliphatic carbocycles. The predicted octanol–water partition coefficient (Wildman–Crippen LogP) is 12.5. The Bertz CT molecular complexity index is 1960. The molecule has 0 unspecified atom stereocenters. The van der Waals surface area contributed by atoms with Crippen LogP contribution in [0, 0.1) is 53.2 Å².